The van der Waals surface area contributed by atoms with E-state index in [0.717, 1.165) is 22.2 Å². The van der Waals surface area contributed by atoms with Gasteiger partial charge in [0, 0.05) is 12.1 Å². The number of nitro groups is 2. The predicted octanol–water partition coefficient (Wildman–Crippen LogP) is 4.65. The molecule has 0 N–H and O–H groups in total. The van der Waals surface area contributed by atoms with Crippen LogP contribution in [0, 0.1) is 41.0 Å². The fourth-order valence-corrected chi connectivity index (χ4v) is 4.40. The van der Waals surface area contributed by atoms with Crippen LogP contribution in [-0.2, 0) is 9.31 Å². The second-order valence-electron chi connectivity index (χ2n) is 7.89. The monoisotopic (exact) mass is 432 g/mol. The summed E-state index contributed by atoms with van der Waals surface area (Å²) in [7, 11) is -0.828. The first-order valence-corrected chi connectivity index (χ1v) is 10.1. The van der Waals surface area contributed by atoms with E-state index in [1.807, 2.05) is 32.9 Å². The second-order valence-corrected chi connectivity index (χ2v) is 7.89. The highest BCUT2D eigenvalue weighted by molar-refractivity contribution is 6.63. The van der Waals surface area contributed by atoms with Gasteiger partial charge in [-0.2, -0.15) is 0 Å². The van der Waals surface area contributed by atoms with Gasteiger partial charge in [0.1, 0.15) is 12.2 Å². The molecule has 1 aliphatic heterocycles. The average molecular weight is 432 g/mol. The number of aryl methyl sites for hydroxylation is 3. The average Bonchev–Trinajstić information content (AvgIpc) is 3.17. The van der Waals surface area contributed by atoms with E-state index in [-0.39, 0.29) is 11.4 Å². The SMILES string of the molecule is Cc1cc(C)c(B2OC(c3ccccc3[N+](=O)[O-])C(c3ccccc3[N+](=O)[O-])O2)c(C)c1. The smallest absolute Gasteiger partial charge is 0.397 e. The Morgan fingerprint density at radius 2 is 1.16 bits per heavy atom. The maximum absolute atomic E-state index is 11.7. The molecular weight excluding hydrogens is 411 g/mol. The van der Waals surface area contributed by atoms with Crippen LogP contribution in [0.4, 0.5) is 11.4 Å². The molecule has 4 rings (SSSR count). The molecule has 1 heterocycles. The molecule has 0 radical (unpaired) electrons. The Labute approximate surface area is 185 Å². The van der Waals surface area contributed by atoms with Crippen LogP contribution in [-0.4, -0.2) is 17.0 Å². The molecule has 0 aliphatic carbocycles. The summed E-state index contributed by atoms with van der Waals surface area (Å²) in [6.07, 6.45) is -1.80. The van der Waals surface area contributed by atoms with Crippen molar-refractivity contribution in [1.29, 1.82) is 0 Å². The van der Waals surface area contributed by atoms with Gasteiger partial charge >= 0.3 is 7.12 Å². The van der Waals surface area contributed by atoms with Crippen molar-refractivity contribution in [2.45, 2.75) is 33.0 Å². The molecule has 0 aromatic heterocycles. The molecular formula is C23H21BN2O6. The van der Waals surface area contributed by atoms with Gasteiger partial charge in [0.05, 0.1) is 21.0 Å². The first kappa shape index (κ1) is 21.7. The minimum atomic E-state index is -0.900. The molecule has 1 aliphatic rings. The molecule has 162 valence electrons. The van der Waals surface area contributed by atoms with Gasteiger partial charge in [0.2, 0.25) is 0 Å². The number of hydrogen-bond donors (Lipinski definition) is 0. The van der Waals surface area contributed by atoms with Gasteiger partial charge in [-0.1, -0.05) is 53.1 Å². The molecule has 1 fully saturated rings. The van der Waals surface area contributed by atoms with Gasteiger partial charge in [-0.25, -0.2) is 0 Å². The zero-order chi connectivity index (χ0) is 23.0. The number of hydrogen-bond acceptors (Lipinski definition) is 6. The molecule has 1 saturated heterocycles. The van der Waals surface area contributed by atoms with Crippen LogP contribution >= 0.6 is 0 Å². The Morgan fingerprint density at radius 1 is 0.750 bits per heavy atom. The summed E-state index contributed by atoms with van der Waals surface area (Å²) in [5.74, 6) is 0. The van der Waals surface area contributed by atoms with E-state index in [1.54, 1.807) is 36.4 Å². The first-order valence-electron chi connectivity index (χ1n) is 10.1. The van der Waals surface area contributed by atoms with Gasteiger partial charge in [-0.3, -0.25) is 20.2 Å². The molecule has 2 atom stereocenters. The highest BCUT2D eigenvalue weighted by atomic mass is 16.7. The number of benzene rings is 3. The lowest BCUT2D eigenvalue weighted by atomic mass is 9.73. The molecule has 0 bridgehead atoms. The zero-order valence-electron chi connectivity index (χ0n) is 17.8. The normalized spacial score (nSPS) is 18.0. The number of para-hydroxylation sites is 2. The van der Waals surface area contributed by atoms with Crippen LogP contribution in [0.25, 0.3) is 0 Å². The van der Waals surface area contributed by atoms with E-state index in [9.17, 15) is 20.2 Å². The lowest BCUT2D eigenvalue weighted by Crippen LogP contribution is -2.36. The lowest BCUT2D eigenvalue weighted by molar-refractivity contribution is -0.387. The second kappa shape index (κ2) is 8.53. The van der Waals surface area contributed by atoms with Crippen molar-refractivity contribution in [3.05, 3.63) is 109 Å². The Balaban J connectivity index is 1.87. The minimum absolute atomic E-state index is 0.123. The maximum Gasteiger partial charge on any atom is 0.495 e. The Bertz CT molecular complexity index is 1130. The number of rotatable bonds is 5. The van der Waals surface area contributed by atoms with E-state index in [1.165, 1.54) is 12.1 Å². The topological polar surface area (TPSA) is 105 Å². The maximum atomic E-state index is 11.7. The summed E-state index contributed by atoms with van der Waals surface area (Å²) in [5.41, 5.74) is 4.20. The highest BCUT2D eigenvalue weighted by Crippen LogP contribution is 2.46. The van der Waals surface area contributed by atoms with Crippen LogP contribution in [0.2, 0.25) is 0 Å². The summed E-state index contributed by atoms with van der Waals surface area (Å²) in [5, 5.41) is 23.4. The van der Waals surface area contributed by atoms with Crippen LogP contribution in [0.1, 0.15) is 40.0 Å². The summed E-state index contributed by atoms with van der Waals surface area (Å²) in [6, 6.07) is 16.5. The van der Waals surface area contributed by atoms with Crippen LogP contribution in [0.3, 0.4) is 0 Å². The fraction of sp³-hybridized carbons (Fsp3) is 0.217. The van der Waals surface area contributed by atoms with Crippen molar-refractivity contribution in [2.24, 2.45) is 0 Å². The summed E-state index contributed by atoms with van der Waals surface area (Å²) < 4.78 is 12.6. The van der Waals surface area contributed by atoms with E-state index in [4.69, 9.17) is 9.31 Å². The summed E-state index contributed by atoms with van der Waals surface area (Å²) in [4.78, 5) is 22.4. The van der Waals surface area contributed by atoms with Gasteiger partial charge in [-0.15, -0.1) is 0 Å². The summed E-state index contributed by atoms with van der Waals surface area (Å²) >= 11 is 0. The van der Waals surface area contributed by atoms with Gasteiger partial charge in [-0.05, 0) is 38.4 Å². The fourth-order valence-electron chi connectivity index (χ4n) is 4.40. The Morgan fingerprint density at radius 3 is 1.56 bits per heavy atom. The van der Waals surface area contributed by atoms with Crippen molar-refractivity contribution >= 4 is 24.0 Å². The molecule has 0 amide bonds. The zero-order valence-corrected chi connectivity index (χ0v) is 17.8. The van der Waals surface area contributed by atoms with Crippen LogP contribution in [0.15, 0.2) is 60.7 Å². The van der Waals surface area contributed by atoms with Crippen molar-refractivity contribution in [3.63, 3.8) is 0 Å². The third-order valence-corrected chi connectivity index (χ3v) is 5.67. The highest BCUT2D eigenvalue weighted by Gasteiger charge is 2.47. The third kappa shape index (κ3) is 3.88. The first-order chi connectivity index (χ1) is 15.3. The molecule has 32 heavy (non-hydrogen) atoms. The number of nitrogens with zero attached hydrogens (tertiary/aromatic N) is 2. The van der Waals surface area contributed by atoms with Crippen molar-refractivity contribution in [3.8, 4) is 0 Å². The molecule has 0 spiro atoms. The van der Waals surface area contributed by atoms with E-state index in [2.05, 4.69) is 0 Å². The van der Waals surface area contributed by atoms with Crippen molar-refractivity contribution in [1.82, 2.24) is 0 Å². The lowest BCUT2D eigenvalue weighted by Gasteiger charge is -2.19. The number of nitro benzene ring substituents is 2. The van der Waals surface area contributed by atoms with Gasteiger partial charge < -0.3 is 9.31 Å². The summed E-state index contributed by atoms with van der Waals surface area (Å²) in [6.45, 7) is 5.88. The Hall–Kier alpha value is -3.56. The molecule has 9 heteroatoms. The molecule has 0 saturated carbocycles. The Kier molecular flexibility index (Phi) is 5.77. The standard InChI is InChI=1S/C23H21BN2O6/c1-14-12-15(2)21(16(3)13-14)24-31-22(17-8-4-6-10-19(17)25(27)28)23(32-24)18-9-5-7-11-20(18)26(29)30/h4-13,22-23H,1-3H3. The van der Waals surface area contributed by atoms with E-state index in [0.29, 0.717) is 11.1 Å². The van der Waals surface area contributed by atoms with Crippen LogP contribution in [0.5, 0.6) is 0 Å². The molecule has 8 nitrogen and oxygen atoms in total. The van der Waals surface area contributed by atoms with Crippen molar-refractivity contribution in [2.75, 3.05) is 0 Å². The van der Waals surface area contributed by atoms with Crippen LogP contribution < -0.4 is 5.46 Å². The largest absolute Gasteiger partial charge is 0.495 e. The molecule has 3 aromatic rings. The third-order valence-electron chi connectivity index (χ3n) is 5.67. The van der Waals surface area contributed by atoms with E-state index < -0.39 is 29.2 Å². The minimum Gasteiger partial charge on any atom is -0.397 e. The van der Waals surface area contributed by atoms with Gasteiger partial charge in [0.25, 0.3) is 11.4 Å². The molecule has 2 unspecified atom stereocenters. The quantitative estimate of drug-likeness (QED) is 0.330. The van der Waals surface area contributed by atoms with E-state index >= 15 is 0 Å². The molecule has 3 aromatic carbocycles. The van der Waals surface area contributed by atoms with Gasteiger partial charge in [0.15, 0.2) is 0 Å². The predicted molar refractivity (Wildman–Crippen MR) is 120 cm³/mol. The van der Waals surface area contributed by atoms with Crippen molar-refractivity contribution < 1.29 is 19.2 Å².